The zero-order chi connectivity index (χ0) is 28.4. The third-order valence-electron chi connectivity index (χ3n) is 10.3. The Morgan fingerprint density at radius 1 is 0.927 bits per heavy atom. The molecule has 4 fully saturated rings. The number of imide groups is 1. The van der Waals surface area contributed by atoms with Crippen LogP contribution in [-0.4, -0.2) is 60.3 Å². The second-order valence-corrected chi connectivity index (χ2v) is 15.1. The first-order valence-electron chi connectivity index (χ1n) is 15.0. The first kappa shape index (κ1) is 26.8. The molecule has 9 heteroatoms. The van der Waals surface area contributed by atoms with E-state index in [9.17, 15) is 22.8 Å². The molecule has 0 radical (unpaired) electrons. The third kappa shape index (κ3) is 4.91. The van der Waals surface area contributed by atoms with Crippen LogP contribution in [0.4, 0.5) is 0 Å². The second kappa shape index (κ2) is 10.1. The van der Waals surface area contributed by atoms with Crippen molar-refractivity contribution in [1.29, 1.82) is 0 Å². The molecular weight excluding hydrogens is 538 g/mol. The monoisotopic (exact) mass is 575 g/mol. The van der Waals surface area contributed by atoms with E-state index in [1.807, 2.05) is 30.3 Å². The molecule has 8 nitrogen and oxygen atoms in total. The lowest BCUT2D eigenvalue weighted by Crippen LogP contribution is -2.52. The summed E-state index contributed by atoms with van der Waals surface area (Å²) in [6.07, 6.45) is 7.58. The van der Waals surface area contributed by atoms with Crippen LogP contribution in [0.15, 0.2) is 47.4 Å². The summed E-state index contributed by atoms with van der Waals surface area (Å²) in [5.74, 6) is -0.452. The molecule has 0 bridgehead atoms. The Hall–Kier alpha value is -3.04. The van der Waals surface area contributed by atoms with Crippen LogP contribution in [0, 0.1) is 5.41 Å². The minimum Gasteiger partial charge on any atom is -0.322 e. The average molecular weight is 576 g/mol. The predicted octanol–water partition coefficient (Wildman–Crippen LogP) is 3.93. The molecule has 0 aromatic heterocycles. The molecule has 3 amide bonds. The van der Waals surface area contributed by atoms with Crippen LogP contribution >= 0.6 is 0 Å². The lowest BCUT2D eigenvalue weighted by molar-refractivity contribution is -0.136. The molecule has 2 saturated heterocycles. The Balaban J connectivity index is 0.997. The standard InChI is InChI=1S/C32H37N3O5S/c36-29-8-7-27(30(37)33-29)35-20-24-17-22(5-6-26(24)31(35)38)21-10-15-34(16-11-21)19-23-3-1-2-4-28(23)41(39,40)25-9-12-32(18-25)13-14-32/h1-6,17,21,25,27H,7-16,18-20H2,(H,33,36,37). The number of piperidine rings is 2. The van der Waals surface area contributed by atoms with Crippen molar-refractivity contribution in [3.05, 3.63) is 64.7 Å². The number of sulfone groups is 1. The Kier molecular flexibility index (Phi) is 6.58. The van der Waals surface area contributed by atoms with Gasteiger partial charge in [-0.2, -0.15) is 0 Å². The SMILES string of the molecule is O=C1CCC(N2Cc3cc(C4CCN(Cc5ccccc5S(=O)(=O)C5CCC6(CC6)C5)CC4)ccc3C2=O)C(=O)N1. The normalized spacial score (nSPS) is 26.4. The number of likely N-dealkylation sites (tertiary alicyclic amines) is 1. The molecule has 7 rings (SSSR count). The van der Waals surface area contributed by atoms with E-state index >= 15 is 0 Å². The molecule has 2 aromatic rings. The summed E-state index contributed by atoms with van der Waals surface area (Å²) in [4.78, 5) is 41.5. The summed E-state index contributed by atoms with van der Waals surface area (Å²) in [6, 6.07) is 13.0. The van der Waals surface area contributed by atoms with Crippen LogP contribution in [0.25, 0.3) is 0 Å². The van der Waals surface area contributed by atoms with Crippen LogP contribution in [0.1, 0.15) is 90.8 Å². The maximum absolute atomic E-state index is 13.6. The van der Waals surface area contributed by atoms with Gasteiger partial charge in [-0.1, -0.05) is 30.3 Å². The molecule has 41 heavy (non-hydrogen) atoms. The van der Waals surface area contributed by atoms with Gasteiger partial charge in [-0.25, -0.2) is 8.42 Å². The zero-order valence-electron chi connectivity index (χ0n) is 23.3. The van der Waals surface area contributed by atoms with E-state index in [0.717, 1.165) is 56.3 Å². The van der Waals surface area contributed by atoms with Gasteiger partial charge in [0.05, 0.1) is 10.1 Å². The highest BCUT2D eigenvalue weighted by atomic mass is 32.2. The molecule has 2 saturated carbocycles. The molecule has 5 aliphatic rings. The van der Waals surface area contributed by atoms with Gasteiger partial charge in [-0.05, 0) is 105 Å². The van der Waals surface area contributed by atoms with Crippen LogP contribution < -0.4 is 5.32 Å². The molecule has 216 valence electrons. The van der Waals surface area contributed by atoms with Crippen molar-refractivity contribution in [2.24, 2.45) is 5.41 Å². The molecule has 2 aliphatic carbocycles. The van der Waals surface area contributed by atoms with Crippen molar-refractivity contribution in [2.75, 3.05) is 13.1 Å². The summed E-state index contributed by atoms with van der Waals surface area (Å²) >= 11 is 0. The molecular formula is C32H37N3O5S. The quantitative estimate of drug-likeness (QED) is 0.524. The van der Waals surface area contributed by atoms with Gasteiger partial charge in [-0.15, -0.1) is 0 Å². The minimum atomic E-state index is -3.33. The summed E-state index contributed by atoms with van der Waals surface area (Å²) in [6.45, 7) is 2.79. The number of amides is 3. The summed E-state index contributed by atoms with van der Waals surface area (Å²) in [7, 11) is -3.33. The smallest absolute Gasteiger partial charge is 0.255 e. The number of fused-ring (bicyclic) bond motifs is 1. The van der Waals surface area contributed by atoms with Crippen LogP contribution in [0.2, 0.25) is 0 Å². The van der Waals surface area contributed by atoms with Gasteiger partial charge >= 0.3 is 0 Å². The summed E-state index contributed by atoms with van der Waals surface area (Å²) in [5.41, 5.74) is 4.02. The number of carbonyl (C=O) groups is 3. The van der Waals surface area contributed by atoms with Crippen molar-refractivity contribution >= 4 is 27.6 Å². The summed E-state index contributed by atoms with van der Waals surface area (Å²) in [5, 5.41) is 2.12. The Bertz CT molecular complexity index is 1520. The van der Waals surface area contributed by atoms with Crippen LogP contribution in [0.5, 0.6) is 0 Å². The fourth-order valence-electron chi connectivity index (χ4n) is 7.66. The molecule has 3 aliphatic heterocycles. The van der Waals surface area contributed by atoms with Crippen LogP contribution in [0.3, 0.4) is 0 Å². The van der Waals surface area contributed by atoms with Crippen molar-refractivity contribution in [1.82, 2.24) is 15.1 Å². The van der Waals surface area contributed by atoms with Gasteiger partial charge in [0.2, 0.25) is 11.8 Å². The third-order valence-corrected chi connectivity index (χ3v) is 12.6. The van der Waals surface area contributed by atoms with Gasteiger partial charge in [0.15, 0.2) is 9.84 Å². The van der Waals surface area contributed by atoms with Crippen molar-refractivity contribution in [3.63, 3.8) is 0 Å². The Morgan fingerprint density at radius 3 is 2.44 bits per heavy atom. The molecule has 2 atom stereocenters. The predicted molar refractivity (Wildman–Crippen MR) is 153 cm³/mol. The van der Waals surface area contributed by atoms with E-state index in [-0.39, 0.29) is 29.4 Å². The number of hydrogen-bond acceptors (Lipinski definition) is 6. The molecule has 3 heterocycles. The molecule has 1 N–H and O–H groups in total. The second-order valence-electron chi connectivity index (χ2n) is 12.9. The number of hydrogen-bond donors (Lipinski definition) is 1. The van der Waals surface area contributed by atoms with E-state index < -0.39 is 15.9 Å². The van der Waals surface area contributed by atoms with Crippen molar-refractivity contribution < 1.29 is 22.8 Å². The van der Waals surface area contributed by atoms with Crippen LogP contribution in [-0.2, 0) is 32.5 Å². The molecule has 2 aromatic carbocycles. The van der Waals surface area contributed by atoms with E-state index in [2.05, 4.69) is 16.3 Å². The molecule has 2 unspecified atom stereocenters. The van der Waals surface area contributed by atoms with Gasteiger partial charge in [0, 0.05) is 25.1 Å². The maximum Gasteiger partial charge on any atom is 0.255 e. The fourth-order valence-corrected chi connectivity index (χ4v) is 9.78. The lowest BCUT2D eigenvalue weighted by Gasteiger charge is -2.33. The highest BCUT2D eigenvalue weighted by molar-refractivity contribution is 7.92. The fraction of sp³-hybridized carbons (Fsp3) is 0.531. The largest absolute Gasteiger partial charge is 0.322 e. The van der Waals surface area contributed by atoms with Gasteiger partial charge in [0.1, 0.15) is 6.04 Å². The van der Waals surface area contributed by atoms with E-state index in [1.54, 1.807) is 11.0 Å². The van der Waals surface area contributed by atoms with E-state index in [1.165, 1.54) is 18.4 Å². The highest BCUT2D eigenvalue weighted by Gasteiger charge is 2.51. The maximum atomic E-state index is 13.6. The number of rotatable bonds is 6. The number of nitrogens with one attached hydrogen (secondary N) is 1. The van der Waals surface area contributed by atoms with Gasteiger partial charge in [0.25, 0.3) is 5.91 Å². The zero-order valence-corrected chi connectivity index (χ0v) is 24.1. The van der Waals surface area contributed by atoms with Gasteiger partial charge < -0.3 is 4.90 Å². The minimum absolute atomic E-state index is 0.144. The average Bonchev–Trinajstić information content (AvgIpc) is 3.46. The van der Waals surface area contributed by atoms with Crippen molar-refractivity contribution in [2.45, 2.75) is 93.0 Å². The van der Waals surface area contributed by atoms with E-state index in [0.29, 0.717) is 41.3 Å². The number of carbonyl (C=O) groups excluding carboxylic acids is 3. The first-order chi connectivity index (χ1) is 19.7. The number of benzene rings is 2. The summed E-state index contributed by atoms with van der Waals surface area (Å²) < 4.78 is 27.3. The lowest BCUT2D eigenvalue weighted by atomic mass is 9.87. The molecule has 1 spiro atoms. The highest BCUT2D eigenvalue weighted by Crippen LogP contribution is 2.59. The topological polar surface area (TPSA) is 104 Å². The van der Waals surface area contributed by atoms with E-state index in [4.69, 9.17) is 0 Å². The van der Waals surface area contributed by atoms with Gasteiger partial charge in [-0.3, -0.25) is 24.6 Å². The first-order valence-corrected chi connectivity index (χ1v) is 16.6. The van der Waals surface area contributed by atoms with Crippen molar-refractivity contribution in [3.8, 4) is 0 Å². The Morgan fingerprint density at radius 2 is 1.71 bits per heavy atom. The Labute approximate surface area is 241 Å². The number of nitrogens with zero attached hydrogens (tertiary/aromatic N) is 2.